The van der Waals surface area contributed by atoms with Crippen molar-refractivity contribution in [2.45, 2.75) is 160 Å². The number of aromatic amines is 3. The number of carbonyl (C=O) groups is 12. The van der Waals surface area contributed by atoms with Crippen LogP contribution in [-0.4, -0.2) is 156 Å². The highest BCUT2D eigenvalue weighted by molar-refractivity contribution is 8.76. The van der Waals surface area contributed by atoms with E-state index in [4.69, 9.17) is 11.1 Å². The Bertz CT molecular complexity index is 3840. The van der Waals surface area contributed by atoms with E-state index in [1.54, 1.807) is 48.8 Å². The van der Waals surface area contributed by atoms with Gasteiger partial charge in [0.05, 0.1) is 18.2 Å². The number of rotatable bonds is 13. The second kappa shape index (κ2) is 35.0. The highest BCUT2D eigenvalue weighted by Crippen LogP contribution is 2.32. The molecule has 8 rings (SSSR count). The Morgan fingerprint density at radius 1 is 0.474 bits per heavy atom. The van der Waals surface area contributed by atoms with Crippen molar-refractivity contribution < 1.29 is 57.5 Å². The average Bonchev–Trinajstić information content (AvgIpc) is 1.74. The van der Waals surface area contributed by atoms with E-state index in [9.17, 15) is 43.2 Å². The summed E-state index contributed by atoms with van der Waals surface area (Å²) in [6.07, 6.45) is 5.15. The smallest absolute Gasteiger partial charge is 0.244 e. The number of nitrogens with zero attached hydrogens (tertiary/aromatic N) is 1. The lowest BCUT2D eigenvalue weighted by atomic mass is 9.82. The molecule has 2 aliphatic heterocycles. The minimum absolute atomic E-state index is 0.00320. The second-order valence-electron chi connectivity index (χ2n) is 25.3. The summed E-state index contributed by atoms with van der Waals surface area (Å²) < 4.78 is 0. The molecule has 5 heterocycles. The molecule has 3 aromatic heterocycles. The van der Waals surface area contributed by atoms with Crippen LogP contribution < -0.4 is 48.3 Å². The van der Waals surface area contributed by atoms with Crippen LogP contribution in [0.1, 0.15) is 108 Å². The summed E-state index contributed by atoms with van der Waals surface area (Å²) in [7, 11) is 2.13. The predicted octanol–water partition coefficient (Wildman–Crippen LogP) is 3.83. The zero-order valence-corrected chi connectivity index (χ0v) is 56.5. The minimum Gasteiger partial charge on any atom is -0.388 e. The van der Waals surface area contributed by atoms with E-state index >= 15 is 14.4 Å². The van der Waals surface area contributed by atoms with Gasteiger partial charge in [0, 0.05) is 133 Å². The molecular weight excluding hydrogens is 1280 g/mol. The average molecular weight is 1370 g/mol. The van der Waals surface area contributed by atoms with Crippen LogP contribution in [0.5, 0.6) is 0 Å². The van der Waals surface area contributed by atoms with Crippen molar-refractivity contribution in [3.63, 3.8) is 0 Å². The van der Waals surface area contributed by atoms with Crippen LogP contribution in [0.4, 0.5) is 0 Å². The number of H-pyrrole nitrogens is 3. The van der Waals surface area contributed by atoms with Gasteiger partial charge in [-0.2, -0.15) is 0 Å². The Morgan fingerprint density at radius 2 is 0.990 bits per heavy atom. The van der Waals surface area contributed by atoms with Gasteiger partial charge in [0.25, 0.3) is 0 Å². The minimum atomic E-state index is -1.51. The molecule has 14 N–H and O–H groups in total. The van der Waals surface area contributed by atoms with Gasteiger partial charge in [-0.1, -0.05) is 109 Å². The van der Waals surface area contributed by atoms with Crippen LogP contribution in [0, 0.1) is 29.1 Å². The summed E-state index contributed by atoms with van der Waals surface area (Å²) in [4.78, 5) is 189. The number of benzene rings is 3. The van der Waals surface area contributed by atoms with E-state index < -0.39 is 155 Å². The molecule has 2 bridgehead atoms. The lowest BCUT2D eigenvalue weighted by molar-refractivity contribution is -0.136. The predicted molar refractivity (Wildman–Crippen MR) is 368 cm³/mol. The molecule has 0 saturated carbocycles. The number of hydrogen-bond acceptors (Lipinski definition) is 16. The van der Waals surface area contributed by atoms with Gasteiger partial charge in [-0.05, 0) is 68.9 Å². The van der Waals surface area contributed by atoms with Crippen LogP contribution in [-0.2, 0) is 83.2 Å². The largest absolute Gasteiger partial charge is 0.388 e. The van der Waals surface area contributed by atoms with Crippen molar-refractivity contribution in [3.05, 3.63) is 126 Å². The Morgan fingerprint density at radius 3 is 1.61 bits per heavy atom. The molecule has 3 aromatic carbocycles. The molecular formula is C69H86N14O12S2. The first-order valence-corrected chi connectivity index (χ1v) is 35.1. The first-order valence-electron chi connectivity index (χ1n) is 32.6. The molecule has 2 fully saturated rings. The van der Waals surface area contributed by atoms with E-state index in [1.165, 1.54) is 47.1 Å². The number of fused-ring (bicyclic) bond motifs is 7. The first kappa shape index (κ1) is 73.4. The normalized spacial score (nSPS) is 25.9. The fourth-order valence-corrected chi connectivity index (χ4v) is 14.2. The van der Waals surface area contributed by atoms with Crippen molar-refractivity contribution in [1.82, 2.24) is 62.5 Å². The number of nitrogens with one attached hydrogen (secondary N) is 12. The zero-order chi connectivity index (χ0) is 69.9. The van der Waals surface area contributed by atoms with Gasteiger partial charge in [0.1, 0.15) is 59.6 Å². The molecule has 6 aromatic rings. The number of ketones is 4. The number of unbranched alkanes of at least 4 members (excludes halogenated alkanes) is 1. The van der Waals surface area contributed by atoms with E-state index in [0.717, 1.165) is 43.4 Å². The number of aromatic nitrogens is 4. The first-order chi connectivity index (χ1) is 46.4. The second-order valence-corrected chi connectivity index (χ2v) is 27.9. The van der Waals surface area contributed by atoms with Crippen LogP contribution in [0.2, 0.25) is 0 Å². The molecule has 2 aliphatic rings. The fraction of sp³-hybridized carbons (Fsp3) is 0.449. The molecule has 0 unspecified atom stereocenters. The topological polar surface area (TPSA) is 411 Å². The lowest BCUT2D eigenvalue weighted by Gasteiger charge is -2.27. The summed E-state index contributed by atoms with van der Waals surface area (Å²) in [6, 6.07) is 12.5. The van der Waals surface area contributed by atoms with Crippen molar-refractivity contribution >= 4 is 120 Å². The molecule has 28 heteroatoms. The number of Topliss-reactive ketones (excluding diaryl/α,β-unsaturated/α-hetero) is 4. The zero-order valence-electron chi connectivity index (χ0n) is 54.9. The van der Waals surface area contributed by atoms with Crippen molar-refractivity contribution in [2.75, 3.05) is 11.5 Å². The van der Waals surface area contributed by atoms with Gasteiger partial charge < -0.3 is 63.2 Å². The number of para-hydroxylation sites is 2. The fourth-order valence-electron chi connectivity index (χ4n) is 11.7. The van der Waals surface area contributed by atoms with Gasteiger partial charge in [0.15, 0.2) is 5.78 Å². The van der Waals surface area contributed by atoms with E-state index in [0.29, 0.717) is 35.2 Å². The summed E-state index contributed by atoms with van der Waals surface area (Å²) in [6.45, 7) is 7.16. The van der Waals surface area contributed by atoms with Gasteiger partial charge in [-0.3, -0.25) is 62.9 Å². The number of amidine groups is 1. The number of amides is 8. The van der Waals surface area contributed by atoms with E-state index in [2.05, 4.69) is 62.5 Å². The Balaban J connectivity index is 1.21. The summed E-state index contributed by atoms with van der Waals surface area (Å²) in [5, 5.41) is 31.2. The van der Waals surface area contributed by atoms with E-state index in [-0.39, 0.29) is 68.7 Å². The molecule has 0 aliphatic carbocycles. The van der Waals surface area contributed by atoms with Gasteiger partial charge in [-0.15, -0.1) is 0 Å². The van der Waals surface area contributed by atoms with Crippen molar-refractivity contribution in [2.24, 2.45) is 29.4 Å². The van der Waals surface area contributed by atoms with Gasteiger partial charge in [0.2, 0.25) is 47.3 Å². The van der Waals surface area contributed by atoms with Crippen molar-refractivity contribution in [1.29, 1.82) is 5.41 Å². The Kier molecular flexibility index (Phi) is 26.5. The van der Waals surface area contributed by atoms with Crippen LogP contribution in [0.25, 0.3) is 21.8 Å². The molecule has 2 saturated heterocycles. The summed E-state index contributed by atoms with van der Waals surface area (Å²) in [5.41, 5.74) is 9.52. The third kappa shape index (κ3) is 21.0. The Hall–Kier alpha value is -9.44. The Labute approximate surface area is 569 Å². The monoisotopic (exact) mass is 1370 g/mol. The molecule has 516 valence electrons. The van der Waals surface area contributed by atoms with Gasteiger partial charge >= 0.3 is 0 Å². The molecule has 26 nitrogen and oxygen atoms in total. The van der Waals surface area contributed by atoms with Crippen LogP contribution >= 0.6 is 21.6 Å². The van der Waals surface area contributed by atoms with Crippen LogP contribution in [0.15, 0.2) is 104 Å². The molecule has 97 heavy (non-hydrogen) atoms. The standard InChI is InChI=1S/C69H86N14O12S2/c1-37-23-58(85)46-29-59(86)43(26-44-31-73-50-19-11-9-17-48(44)50)28-60(87)52(21-13-14-22-61(70)71)79-66(92)53(25-42-15-7-6-8-16-42)82-68(94)55(30-47-33-72-36-75-47)81-65(91)41(5)78-69(95)56(35-97-96-34-46)83-67(93)54(27-45-32-74-51-20-12-10-18-49(45)51)80-64(90)40(4)77-63(89)39(3)76-62(88)38(2)24-57(37)84/h6-12,15-20,31-33,36-41,43,46,52-56,73-74H,13-14,21-30,34-35H2,1-5H3,(H3,70,71)(H,72,75)(H,76,88)(H,77,89)(H,78,95)(H,79,92)(H,80,90)(H,81,91)(H,82,94)(H,83,93)/t37-,38-,39-,40+,41+,43-,46+,52+,53-,54+,55+,56+/m1/s1. The van der Waals surface area contributed by atoms with Crippen LogP contribution in [0.3, 0.4) is 0 Å². The summed E-state index contributed by atoms with van der Waals surface area (Å²) in [5.74, 6) is -13.1. The SMILES string of the molecule is C[C@@H]1CC(=O)[C@@H]2CSSC[C@H](NC(=O)[C@H](Cc3c[nH]c4ccccc34)NC(=O)[C@H](C)NC(=O)[C@@H](C)NC(=O)[C@H](C)CC1=O)C(=O)N[C@@H](C)C(=O)N[C@@H](Cc1cnc[nH]1)C(=O)N[C@H](Cc1ccccc1)C(=O)N[C@@H](CCCCC(=N)N)C(=O)C[C@@H](Cc1c[nH]c3ccccc13)C(=O)C2. The highest BCUT2D eigenvalue weighted by Gasteiger charge is 2.38. The maximum absolute atomic E-state index is 15.4. The number of nitrogens with two attached hydrogens (primary N) is 1. The third-order valence-corrected chi connectivity index (χ3v) is 20.1. The molecule has 8 amide bonds. The number of imidazole rings is 1. The third-order valence-electron chi connectivity index (χ3n) is 17.6. The lowest BCUT2D eigenvalue weighted by Crippen LogP contribution is -2.60. The molecule has 0 radical (unpaired) electrons. The summed E-state index contributed by atoms with van der Waals surface area (Å²) >= 11 is 0. The number of carbonyl (C=O) groups excluding carboxylic acids is 12. The molecule has 12 atom stereocenters. The highest BCUT2D eigenvalue weighted by atomic mass is 33.1. The van der Waals surface area contributed by atoms with E-state index in [1.807, 2.05) is 42.5 Å². The van der Waals surface area contributed by atoms with Gasteiger partial charge in [-0.25, -0.2) is 4.98 Å². The van der Waals surface area contributed by atoms with Crippen molar-refractivity contribution in [3.8, 4) is 0 Å². The quantitative estimate of drug-likeness (QED) is 0.0338. The maximum atomic E-state index is 15.4. The maximum Gasteiger partial charge on any atom is 0.244 e. The molecule has 0 spiro atoms. The number of hydrogen-bond donors (Lipinski definition) is 13.